The van der Waals surface area contributed by atoms with Crippen LogP contribution >= 0.6 is 0 Å². The van der Waals surface area contributed by atoms with Gasteiger partial charge in [-0.25, -0.2) is 17.8 Å². The molecule has 3 rings (SSSR count). The van der Waals surface area contributed by atoms with Crippen LogP contribution in [0.4, 0.5) is 4.39 Å². The molecule has 1 aliphatic heterocycles. The summed E-state index contributed by atoms with van der Waals surface area (Å²) in [5, 5.41) is 2.74. The van der Waals surface area contributed by atoms with Crippen molar-refractivity contribution in [1.29, 1.82) is 0 Å². The van der Waals surface area contributed by atoms with Crippen LogP contribution in [-0.4, -0.2) is 42.5 Å². The Morgan fingerprint density at radius 3 is 2.93 bits per heavy atom. The Bertz CT molecular complexity index is 936. The summed E-state index contributed by atoms with van der Waals surface area (Å²) in [5.74, 6) is -0.256. The standard InChI is InChI=1S/C18H20FN3O4S/c1-27(24,25)22-10-4-8-16(22)17(23)21-12-13-5-3-9-20-18(13)26-15-7-2-6-14(19)11-15/h2-3,5-7,9,11,16H,4,8,10,12H2,1H3,(H,21,23). The fourth-order valence-electron chi connectivity index (χ4n) is 2.99. The minimum absolute atomic E-state index is 0.116. The van der Waals surface area contributed by atoms with Crippen molar-refractivity contribution in [1.82, 2.24) is 14.6 Å². The van der Waals surface area contributed by atoms with Gasteiger partial charge in [-0.3, -0.25) is 4.79 Å². The monoisotopic (exact) mass is 393 g/mol. The average Bonchev–Trinajstić information content (AvgIpc) is 3.11. The van der Waals surface area contributed by atoms with Crippen LogP contribution in [0, 0.1) is 5.82 Å². The van der Waals surface area contributed by atoms with Crippen LogP contribution in [0.25, 0.3) is 0 Å². The van der Waals surface area contributed by atoms with E-state index < -0.39 is 21.9 Å². The number of benzene rings is 1. The van der Waals surface area contributed by atoms with Gasteiger partial charge in [0.25, 0.3) is 0 Å². The second-order valence-corrected chi connectivity index (χ2v) is 8.21. The van der Waals surface area contributed by atoms with E-state index in [1.807, 2.05) is 0 Å². The van der Waals surface area contributed by atoms with E-state index in [4.69, 9.17) is 4.74 Å². The van der Waals surface area contributed by atoms with Gasteiger partial charge in [0, 0.05) is 30.9 Å². The largest absolute Gasteiger partial charge is 0.439 e. The van der Waals surface area contributed by atoms with Gasteiger partial charge in [0.05, 0.1) is 6.26 Å². The number of amides is 1. The smallest absolute Gasteiger partial charge is 0.238 e. The number of nitrogens with one attached hydrogen (secondary N) is 1. The Morgan fingerprint density at radius 2 is 2.19 bits per heavy atom. The predicted octanol–water partition coefficient (Wildman–Crippen LogP) is 2.05. The number of hydrogen-bond donors (Lipinski definition) is 1. The maximum Gasteiger partial charge on any atom is 0.238 e. The molecule has 1 fully saturated rings. The SMILES string of the molecule is CS(=O)(=O)N1CCCC1C(=O)NCc1cccnc1Oc1cccc(F)c1. The molecule has 7 nitrogen and oxygen atoms in total. The molecular formula is C18H20FN3O4S. The van der Waals surface area contributed by atoms with E-state index in [0.29, 0.717) is 30.7 Å². The molecule has 1 aromatic heterocycles. The second kappa shape index (κ2) is 8.01. The van der Waals surface area contributed by atoms with Crippen LogP contribution in [0.3, 0.4) is 0 Å². The van der Waals surface area contributed by atoms with Crippen LogP contribution in [0.5, 0.6) is 11.6 Å². The third kappa shape index (κ3) is 4.81. The molecule has 1 aliphatic rings. The summed E-state index contributed by atoms with van der Waals surface area (Å²) < 4.78 is 43.7. The summed E-state index contributed by atoms with van der Waals surface area (Å²) in [6, 6.07) is 8.38. The molecule has 9 heteroatoms. The molecule has 1 N–H and O–H groups in total. The number of halogens is 1. The molecule has 1 atom stereocenters. The van der Waals surface area contributed by atoms with Crippen molar-refractivity contribution in [2.75, 3.05) is 12.8 Å². The van der Waals surface area contributed by atoms with Gasteiger partial charge in [-0.1, -0.05) is 12.1 Å². The van der Waals surface area contributed by atoms with E-state index in [2.05, 4.69) is 10.3 Å². The molecular weight excluding hydrogens is 373 g/mol. The average molecular weight is 393 g/mol. The maximum absolute atomic E-state index is 13.3. The number of ether oxygens (including phenoxy) is 1. The van der Waals surface area contributed by atoms with Gasteiger partial charge in [0.2, 0.25) is 21.8 Å². The lowest BCUT2D eigenvalue weighted by Crippen LogP contribution is -2.45. The van der Waals surface area contributed by atoms with Gasteiger partial charge >= 0.3 is 0 Å². The van der Waals surface area contributed by atoms with Crippen molar-refractivity contribution < 1.29 is 22.3 Å². The number of carbonyl (C=O) groups excluding carboxylic acids is 1. The number of sulfonamides is 1. The Balaban J connectivity index is 1.69. The first-order chi connectivity index (χ1) is 12.8. The first kappa shape index (κ1) is 19.2. The van der Waals surface area contributed by atoms with Crippen LogP contribution in [0.1, 0.15) is 18.4 Å². The summed E-state index contributed by atoms with van der Waals surface area (Å²) >= 11 is 0. The lowest BCUT2D eigenvalue weighted by molar-refractivity contribution is -0.124. The zero-order valence-electron chi connectivity index (χ0n) is 14.8. The number of aromatic nitrogens is 1. The molecule has 0 radical (unpaired) electrons. The molecule has 0 spiro atoms. The Kier molecular flexibility index (Phi) is 5.71. The predicted molar refractivity (Wildman–Crippen MR) is 97.1 cm³/mol. The molecule has 27 heavy (non-hydrogen) atoms. The van der Waals surface area contributed by atoms with Crippen LogP contribution < -0.4 is 10.1 Å². The maximum atomic E-state index is 13.3. The van der Waals surface area contributed by atoms with Gasteiger partial charge in [0.15, 0.2) is 0 Å². The fraction of sp³-hybridized carbons (Fsp3) is 0.333. The van der Waals surface area contributed by atoms with Crippen molar-refractivity contribution in [3.05, 3.63) is 54.0 Å². The molecule has 0 saturated carbocycles. The van der Waals surface area contributed by atoms with Crippen LogP contribution in [0.15, 0.2) is 42.6 Å². The highest BCUT2D eigenvalue weighted by Crippen LogP contribution is 2.24. The number of nitrogens with zero attached hydrogens (tertiary/aromatic N) is 2. The summed E-state index contributed by atoms with van der Waals surface area (Å²) in [6.07, 6.45) is 3.76. The molecule has 2 heterocycles. The highest BCUT2D eigenvalue weighted by Gasteiger charge is 2.36. The molecule has 2 aromatic rings. The highest BCUT2D eigenvalue weighted by molar-refractivity contribution is 7.88. The van der Waals surface area contributed by atoms with E-state index in [0.717, 1.165) is 6.26 Å². The molecule has 1 saturated heterocycles. The number of rotatable bonds is 6. The molecule has 0 aliphatic carbocycles. The third-order valence-electron chi connectivity index (χ3n) is 4.25. The second-order valence-electron chi connectivity index (χ2n) is 6.28. The molecule has 0 bridgehead atoms. The minimum atomic E-state index is -3.43. The molecule has 1 unspecified atom stereocenters. The lowest BCUT2D eigenvalue weighted by atomic mass is 10.2. The van der Waals surface area contributed by atoms with Gasteiger partial charge in [-0.15, -0.1) is 0 Å². The Morgan fingerprint density at radius 1 is 1.37 bits per heavy atom. The summed E-state index contributed by atoms with van der Waals surface area (Å²) in [5.41, 5.74) is 0.596. The van der Waals surface area contributed by atoms with Gasteiger partial charge < -0.3 is 10.1 Å². The van der Waals surface area contributed by atoms with Crippen molar-refractivity contribution in [2.45, 2.75) is 25.4 Å². The Hall–Kier alpha value is -2.52. The highest BCUT2D eigenvalue weighted by atomic mass is 32.2. The summed E-state index contributed by atoms with van der Waals surface area (Å²) in [4.78, 5) is 16.6. The first-order valence-corrected chi connectivity index (χ1v) is 10.3. The summed E-state index contributed by atoms with van der Waals surface area (Å²) in [6.45, 7) is 0.461. The zero-order chi connectivity index (χ0) is 19.4. The topological polar surface area (TPSA) is 88.6 Å². The molecule has 144 valence electrons. The normalized spacial score (nSPS) is 17.6. The number of pyridine rings is 1. The van der Waals surface area contributed by atoms with E-state index >= 15 is 0 Å². The van der Waals surface area contributed by atoms with Crippen molar-refractivity contribution >= 4 is 15.9 Å². The quantitative estimate of drug-likeness (QED) is 0.812. The number of hydrogen-bond acceptors (Lipinski definition) is 5. The van der Waals surface area contributed by atoms with E-state index in [1.165, 1.54) is 28.7 Å². The fourth-order valence-corrected chi connectivity index (χ4v) is 4.12. The van der Waals surface area contributed by atoms with Gasteiger partial charge in [-0.2, -0.15) is 4.31 Å². The van der Waals surface area contributed by atoms with Crippen LogP contribution in [0.2, 0.25) is 0 Å². The minimum Gasteiger partial charge on any atom is -0.439 e. The lowest BCUT2D eigenvalue weighted by Gasteiger charge is -2.21. The van der Waals surface area contributed by atoms with Gasteiger partial charge in [-0.05, 0) is 31.0 Å². The van der Waals surface area contributed by atoms with E-state index in [1.54, 1.807) is 18.2 Å². The zero-order valence-corrected chi connectivity index (χ0v) is 15.6. The Labute approximate surface area is 157 Å². The molecule has 1 aromatic carbocycles. The van der Waals surface area contributed by atoms with E-state index in [9.17, 15) is 17.6 Å². The van der Waals surface area contributed by atoms with Crippen molar-refractivity contribution in [2.24, 2.45) is 0 Å². The van der Waals surface area contributed by atoms with Crippen molar-refractivity contribution in [3.63, 3.8) is 0 Å². The van der Waals surface area contributed by atoms with Gasteiger partial charge in [0.1, 0.15) is 17.6 Å². The van der Waals surface area contributed by atoms with Crippen molar-refractivity contribution in [3.8, 4) is 11.6 Å². The van der Waals surface area contributed by atoms with E-state index in [-0.39, 0.29) is 18.3 Å². The summed E-state index contributed by atoms with van der Waals surface area (Å²) in [7, 11) is -3.43. The van der Waals surface area contributed by atoms with Crippen LogP contribution in [-0.2, 0) is 21.4 Å². The first-order valence-electron chi connectivity index (χ1n) is 8.46. The third-order valence-corrected chi connectivity index (χ3v) is 5.53. The number of carbonyl (C=O) groups is 1. The molecule has 1 amide bonds.